The zero-order valence-corrected chi connectivity index (χ0v) is 11.4. The van der Waals surface area contributed by atoms with Gasteiger partial charge in [0.05, 0.1) is 11.0 Å². The third kappa shape index (κ3) is 3.43. The number of nitrogens with zero attached hydrogens (tertiary/aromatic N) is 1. The second-order valence-corrected chi connectivity index (χ2v) is 5.55. The van der Waals surface area contributed by atoms with Crippen LogP contribution in [0.4, 0.5) is 20.2 Å². The average molecular weight is 284 g/mol. The highest BCUT2D eigenvalue weighted by Crippen LogP contribution is 2.32. The van der Waals surface area contributed by atoms with E-state index in [1.165, 1.54) is 0 Å². The molecule has 2 rings (SSSR count). The Labute approximate surface area is 116 Å². The highest BCUT2D eigenvalue weighted by atomic mass is 19.1. The summed E-state index contributed by atoms with van der Waals surface area (Å²) >= 11 is 0. The fourth-order valence-electron chi connectivity index (χ4n) is 2.66. The first kappa shape index (κ1) is 14.7. The van der Waals surface area contributed by atoms with Gasteiger partial charge in [-0.05, 0) is 24.7 Å². The Hall–Kier alpha value is -1.72. The summed E-state index contributed by atoms with van der Waals surface area (Å²) in [5.74, 6) is -0.759. The first-order chi connectivity index (χ1) is 9.47. The third-order valence-corrected chi connectivity index (χ3v) is 3.93. The second-order valence-electron chi connectivity index (χ2n) is 5.55. The lowest BCUT2D eigenvalue weighted by Gasteiger charge is -2.26. The van der Waals surface area contributed by atoms with Gasteiger partial charge < -0.3 is 5.32 Å². The van der Waals surface area contributed by atoms with E-state index >= 15 is 0 Å². The molecule has 0 radical (unpaired) electrons. The van der Waals surface area contributed by atoms with Crippen LogP contribution < -0.4 is 5.32 Å². The van der Waals surface area contributed by atoms with E-state index in [2.05, 4.69) is 12.2 Å². The van der Waals surface area contributed by atoms with Gasteiger partial charge in [-0.15, -0.1) is 0 Å². The van der Waals surface area contributed by atoms with Crippen molar-refractivity contribution < 1.29 is 13.7 Å². The lowest BCUT2D eigenvalue weighted by Crippen LogP contribution is -2.21. The van der Waals surface area contributed by atoms with E-state index < -0.39 is 22.2 Å². The summed E-state index contributed by atoms with van der Waals surface area (Å²) in [6.45, 7) is 2.68. The van der Waals surface area contributed by atoms with Crippen LogP contribution in [-0.4, -0.2) is 11.5 Å². The van der Waals surface area contributed by atoms with Gasteiger partial charge in [0.1, 0.15) is 11.5 Å². The molecule has 0 spiro atoms. The molecule has 20 heavy (non-hydrogen) atoms. The Morgan fingerprint density at radius 3 is 2.55 bits per heavy atom. The molecule has 6 heteroatoms. The van der Waals surface area contributed by atoms with E-state index in [0.29, 0.717) is 24.4 Å². The van der Waals surface area contributed by atoms with Crippen molar-refractivity contribution in [3.63, 3.8) is 0 Å². The van der Waals surface area contributed by atoms with E-state index in [1.807, 2.05) is 0 Å². The Balaban J connectivity index is 2.07. The largest absolute Gasteiger partial charge is 0.377 e. The van der Waals surface area contributed by atoms with Crippen LogP contribution in [0.2, 0.25) is 0 Å². The Bertz CT molecular complexity index is 500. The molecule has 1 fully saturated rings. The fraction of sp³-hybridized carbons (Fsp3) is 0.571. The molecule has 0 aliphatic heterocycles. The minimum atomic E-state index is -0.939. The van der Waals surface area contributed by atoms with Gasteiger partial charge in [-0.2, -0.15) is 0 Å². The van der Waals surface area contributed by atoms with Crippen molar-refractivity contribution in [2.75, 3.05) is 11.9 Å². The zero-order valence-electron chi connectivity index (χ0n) is 11.4. The lowest BCUT2D eigenvalue weighted by atomic mass is 9.83. The molecule has 0 saturated heterocycles. The predicted octanol–water partition coefficient (Wildman–Crippen LogP) is 4.11. The van der Waals surface area contributed by atoms with Crippen LogP contribution in [0.25, 0.3) is 0 Å². The molecular weight excluding hydrogens is 266 g/mol. The molecular formula is C14H18F2N2O2. The van der Waals surface area contributed by atoms with E-state index in [1.54, 1.807) is 0 Å². The van der Waals surface area contributed by atoms with Crippen molar-refractivity contribution in [2.45, 2.75) is 32.6 Å². The normalized spacial score (nSPS) is 22.6. The van der Waals surface area contributed by atoms with Gasteiger partial charge in [0.2, 0.25) is 0 Å². The Morgan fingerprint density at radius 2 is 1.95 bits per heavy atom. The number of nitro benzene ring substituents is 1. The number of nitro groups is 1. The van der Waals surface area contributed by atoms with Gasteiger partial charge in [-0.1, -0.05) is 19.8 Å². The fourth-order valence-corrected chi connectivity index (χ4v) is 2.66. The molecule has 0 heterocycles. The molecule has 1 aromatic carbocycles. The molecule has 0 amide bonds. The Morgan fingerprint density at radius 1 is 1.30 bits per heavy atom. The molecule has 0 bridgehead atoms. The first-order valence-electron chi connectivity index (χ1n) is 6.84. The lowest BCUT2D eigenvalue weighted by molar-refractivity contribution is -0.384. The maximum atomic E-state index is 13.7. The summed E-state index contributed by atoms with van der Waals surface area (Å²) in [7, 11) is 0. The van der Waals surface area contributed by atoms with Gasteiger partial charge in [0.25, 0.3) is 5.69 Å². The number of benzene rings is 1. The number of halogens is 2. The summed E-state index contributed by atoms with van der Waals surface area (Å²) < 4.78 is 26.7. The average Bonchev–Trinajstić information content (AvgIpc) is 2.38. The molecule has 1 saturated carbocycles. The van der Waals surface area contributed by atoms with Gasteiger partial charge in [-0.3, -0.25) is 10.1 Å². The van der Waals surface area contributed by atoms with Crippen LogP contribution in [0.1, 0.15) is 32.6 Å². The third-order valence-electron chi connectivity index (χ3n) is 3.93. The molecule has 0 unspecified atom stereocenters. The van der Waals surface area contributed by atoms with Crippen LogP contribution in [-0.2, 0) is 0 Å². The number of nitrogens with one attached hydrogen (secondary N) is 1. The van der Waals surface area contributed by atoms with Gasteiger partial charge in [0.15, 0.2) is 5.82 Å². The summed E-state index contributed by atoms with van der Waals surface area (Å²) in [4.78, 5) is 10.1. The SMILES string of the molecule is CC1CCC(CNc2c(F)cc(F)cc2[N+](=O)[O-])CC1. The monoisotopic (exact) mass is 284 g/mol. The van der Waals surface area contributed by atoms with Gasteiger partial charge in [0, 0.05) is 12.6 Å². The smallest absolute Gasteiger partial charge is 0.298 e. The van der Waals surface area contributed by atoms with Crippen molar-refractivity contribution >= 4 is 11.4 Å². The number of hydrogen-bond acceptors (Lipinski definition) is 3. The van der Waals surface area contributed by atoms with Crippen LogP contribution >= 0.6 is 0 Å². The molecule has 1 aliphatic carbocycles. The van der Waals surface area contributed by atoms with Crippen LogP contribution in [0, 0.1) is 33.6 Å². The molecule has 0 aromatic heterocycles. The summed E-state index contributed by atoms with van der Waals surface area (Å²) in [6, 6.07) is 1.41. The minimum Gasteiger partial charge on any atom is -0.377 e. The molecule has 0 atom stereocenters. The molecule has 4 nitrogen and oxygen atoms in total. The predicted molar refractivity (Wildman–Crippen MR) is 72.6 cm³/mol. The molecule has 1 aliphatic rings. The second kappa shape index (κ2) is 6.15. The number of hydrogen-bond donors (Lipinski definition) is 1. The topological polar surface area (TPSA) is 55.2 Å². The van der Waals surface area contributed by atoms with Gasteiger partial charge >= 0.3 is 0 Å². The van der Waals surface area contributed by atoms with Crippen molar-refractivity contribution in [2.24, 2.45) is 11.8 Å². The van der Waals surface area contributed by atoms with Gasteiger partial charge in [-0.25, -0.2) is 8.78 Å². The molecule has 110 valence electrons. The Kier molecular flexibility index (Phi) is 4.52. The van der Waals surface area contributed by atoms with Crippen LogP contribution in [0.15, 0.2) is 12.1 Å². The van der Waals surface area contributed by atoms with E-state index in [4.69, 9.17) is 0 Å². The zero-order chi connectivity index (χ0) is 14.7. The summed E-state index contributed by atoms with van der Waals surface area (Å²) in [6.07, 6.45) is 4.32. The van der Waals surface area contributed by atoms with E-state index in [-0.39, 0.29) is 5.69 Å². The number of anilines is 1. The summed E-state index contributed by atoms with van der Waals surface area (Å²) in [5, 5.41) is 13.6. The quantitative estimate of drug-likeness (QED) is 0.668. The summed E-state index contributed by atoms with van der Waals surface area (Å²) in [5.41, 5.74) is -0.762. The number of rotatable bonds is 4. The molecule has 1 N–H and O–H groups in total. The van der Waals surface area contributed by atoms with Crippen LogP contribution in [0.3, 0.4) is 0 Å². The van der Waals surface area contributed by atoms with E-state index in [9.17, 15) is 18.9 Å². The highest BCUT2D eigenvalue weighted by molar-refractivity contribution is 5.62. The standard InChI is InChI=1S/C14H18F2N2O2/c1-9-2-4-10(5-3-9)8-17-14-12(16)6-11(15)7-13(14)18(19)20/h6-7,9-10,17H,2-5,8H2,1H3. The van der Waals surface area contributed by atoms with Crippen LogP contribution in [0.5, 0.6) is 0 Å². The van der Waals surface area contributed by atoms with Crippen molar-refractivity contribution in [1.82, 2.24) is 0 Å². The van der Waals surface area contributed by atoms with Crippen molar-refractivity contribution in [1.29, 1.82) is 0 Å². The van der Waals surface area contributed by atoms with Crippen molar-refractivity contribution in [3.05, 3.63) is 33.9 Å². The molecule has 1 aromatic rings. The van der Waals surface area contributed by atoms with E-state index in [0.717, 1.165) is 31.7 Å². The maximum Gasteiger partial charge on any atom is 0.298 e. The highest BCUT2D eigenvalue weighted by Gasteiger charge is 2.23. The van der Waals surface area contributed by atoms with Crippen molar-refractivity contribution in [3.8, 4) is 0 Å². The maximum absolute atomic E-state index is 13.7. The first-order valence-corrected chi connectivity index (χ1v) is 6.84. The minimum absolute atomic E-state index is 0.213.